The van der Waals surface area contributed by atoms with E-state index in [-0.39, 0.29) is 78.4 Å². The summed E-state index contributed by atoms with van der Waals surface area (Å²) in [5.41, 5.74) is 2.24. The number of amides is 3. The van der Waals surface area contributed by atoms with Crippen LogP contribution in [-0.2, 0) is 43.6 Å². The topological polar surface area (TPSA) is 184 Å². The Bertz CT molecular complexity index is 877. The van der Waals surface area contributed by atoms with E-state index in [1.807, 2.05) is 0 Å². The second-order valence-electron chi connectivity index (χ2n) is 7.20. The third kappa shape index (κ3) is 9.76. The van der Waals surface area contributed by atoms with Crippen LogP contribution in [-0.4, -0.2) is 64.6 Å². The monoisotopic (exact) mass is 504 g/mol. The maximum atomic E-state index is 11.8. The van der Waals surface area contributed by atoms with E-state index in [9.17, 15) is 41.7 Å². The summed E-state index contributed by atoms with van der Waals surface area (Å²) in [7, 11) is -4.98. The second kappa shape index (κ2) is 14.6. The first-order valence-corrected chi connectivity index (χ1v) is 11.2. The van der Waals surface area contributed by atoms with E-state index in [0.29, 0.717) is 37.1 Å². The fraction of sp³-hybridized carbons (Fsp3) is 0.611. The predicted octanol–water partition coefficient (Wildman–Crippen LogP) is -6.91. The molecule has 1 saturated carbocycles. The van der Waals surface area contributed by atoms with Gasteiger partial charge in [0.1, 0.15) is 21.3 Å². The molecule has 0 spiro atoms. The van der Waals surface area contributed by atoms with Gasteiger partial charge in [-0.3, -0.25) is 35.8 Å². The van der Waals surface area contributed by atoms with E-state index in [1.165, 1.54) is 6.42 Å². The third-order valence-electron chi connectivity index (χ3n) is 4.79. The zero-order valence-corrected chi connectivity index (χ0v) is 23.4. The average molecular weight is 504 g/mol. The summed E-state index contributed by atoms with van der Waals surface area (Å²) in [6, 6.07) is 0. The van der Waals surface area contributed by atoms with Gasteiger partial charge in [-0.15, -0.1) is 0 Å². The molecule has 1 N–H and O–H groups in total. The van der Waals surface area contributed by atoms with Crippen molar-refractivity contribution in [2.75, 3.05) is 0 Å². The number of hydrogen-bond acceptors (Lipinski definition) is 10. The fourth-order valence-corrected chi connectivity index (χ4v) is 3.92. The standard InChI is InChI=1S/C18H23N2O10S.2Na/c21-11-10-12(31(27,28)29)17(26)18(11)30-16(25)7-5-3-1-2-4-6-13(22)19-20-14(23)8-9-15(20)24;;/h8,12,18H,1-7,9-10H2,(H,19,22)(H,27,28,29);;/q-1;2*+1/p-1. The molecule has 172 valence electrons. The van der Waals surface area contributed by atoms with Gasteiger partial charge in [-0.05, 0) is 12.8 Å². The maximum absolute atomic E-state index is 11.8. The molecule has 2 rings (SSSR count). The zero-order chi connectivity index (χ0) is 23.2. The number of rotatable bonds is 11. The number of Topliss-reactive ketones (excluding diaryl/α,β-unsaturated/α-hetero) is 2. The van der Waals surface area contributed by atoms with Crippen LogP contribution in [0.3, 0.4) is 0 Å². The minimum Gasteiger partial charge on any atom is -0.747 e. The Morgan fingerprint density at radius 3 is 2.12 bits per heavy atom. The molecule has 0 aromatic rings. The SMILES string of the molecule is O=C(CCCCCCCC(=O)OC1C(=O)CC(S(=O)(=O)[O-])C1=O)NN1C(=O)[CH-]CC1=O.[Na+].[Na+]. The van der Waals surface area contributed by atoms with Gasteiger partial charge < -0.3 is 14.1 Å². The van der Waals surface area contributed by atoms with Gasteiger partial charge in [0.25, 0.3) is 0 Å². The van der Waals surface area contributed by atoms with Crippen molar-refractivity contribution in [2.45, 2.75) is 69.1 Å². The van der Waals surface area contributed by atoms with Crippen molar-refractivity contribution in [1.29, 1.82) is 0 Å². The first kappa shape index (κ1) is 32.2. The van der Waals surface area contributed by atoms with Crippen molar-refractivity contribution in [3.8, 4) is 0 Å². The molecule has 1 aliphatic heterocycles. The maximum Gasteiger partial charge on any atom is 1.00 e. The summed E-state index contributed by atoms with van der Waals surface area (Å²) in [6.07, 6.45) is 1.35. The first-order chi connectivity index (χ1) is 14.5. The molecular formula is C18H22N2Na2O10S. The summed E-state index contributed by atoms with van der Waals surface area (Å²) >= 11 is 0. The molecule has 0 aromatic heterocycles. The van der Waals surface area contributed by atoms with Gasteiger partial charge >= 0.3 is 65.1 Å². The zero-order valence-electron chi connectivity index (χ0n) is 18.5. The number of nitrogens with one attached hydrogen (secondary N) is 1. The minimum atomic E-state index is -4.98. The molecule has 0 radical (unpaired) electrons. The molecule has 15 heteroatoms. The number of ketones is 2. The Hall–Kier alpha value is -0.800. The van der Waals surface area contributed by atoms with Crippen molar-refractivity contribution < 1.29 is 106 Å². The van der Waals surface area contributed by atoms with Gasteiger partial charge in [-0.1, -0.05) is 25.7 Å². The number of carbonyl (C=O) groups excluding carboxylic acids is 6. The molecule has 1 aliphatic carbocycles. The fourth-order valence-electron chi connectivity index (χ4n) is 3.14. The van der Waals surface area contributed by atoms with Crippen molar-refractivity contribution in [1.82, 2.24) is 10.4 Å². The Balaban J connectivity index is 0.00000512. The third-order valence-corrected chi connectivity index (χ3v) is 5.89. The summed E-state index contributed by atoms with van der Waals surface area (Å²) in [5.74, 6) is -4.46. The number of hydrogen-bond donors (Lipinski definition) is 1. The van der Waals surface area contributed by atoms with E-state index in [4.69, 9.17) is 4.74 Å². The number of hydrazine groups is 1. The van der Waals surface area contributed by atoms with Crippen molar-refractivity contribution in [3.63, 3.8) is 0 Å². The molecule has 33 heavy (non-hydrogen) atoms. The summed E-state index contributed by atoms with van der Waals surface area (Å²) < 4.78 is 37.6. The molecule has 2 atom stereocenters. The molecule has 0 aromatic carbocycles. The number of carbonyl (C=O) groups is 6. The molecule has 2 fully saturated rings. The van der Waals surface area contributed by atoms with Crippen LogP contribution in [0.25, 0.3) is 0 Å². The molecule has 0 bridgehead atoms. The Morgan fingerprint density at radius 1 is 1.03 bits per heavy atom. The van der Waals surface area contributed by atoms with Crippen LogP contribution >= 0.6 is 0 Å². The summed E-state index contributed by atoms with van der Waals surface area (Å²) in [5, 5.41) is -1.32. The molecule has 2 unspecified atom stereocenters. The van der Waals surface area contributed by atoms with Gasteiger partial charge in [0.2, 0.25) is 17.9 Å². The quantitative estimate of drug-likeness (QED) is 0.0539. The predicted molar refractivity (Wildman–Crippen MR) is 99.2 cm³/mol. The first-order valence-electron chi connectivity index (χ1n) is 9.71. The minimum absolute atomic E-state index is 0. The Morgan fingerprint density at radius 2 is 1.61 bits per heavy atom. The van der Waals surface area contributed by atoms with E-state index >= 15 is 0 Å². The Labute approximate surface area is 235 Å². The van der Waals surface area contributed by atoms with Gasteiger partial charge in [-0.25, -0.2) is 13.4 Å². The van der Waals surface area contributed by atoms with E-state index in [2.05, 4.69) is 5.43 Å². The van der Waals surface area contributed by atoms with Crippen molar-refractivity contribution in [2.24, 2.45) is 0 Å². The number of nitrogens with zero attached hydrogens (tertiary/aromatic N) is 1. The van der Waals surface area contributed by atoms with Crippen LogP contribution < -0.4 is 64.5 Å². The van der Waals surface area contributed by atoms with E-state index in [0.717, 1.165) is 0 Å². The summed E-state index contributed by atoms with van der Waals surface area (Å²) in [4.78, 5) is 69.7. The molecule has 2 aliphatic rings. The van der Waals surface area contributed by atoms with Crippen molar-refractivity contribution in [3.05, 3.63) is 6.42 Å². The van der Waals surface area contributed by atoms with Crippen LogP contribution in [0.15, 0.2) is 0 Å². The molecule has 1 saturated heterocycles. The van der Waals surface area contributed by atoms with Gasteiger partial charge in [0.05, 0.1) is 0 Å². The van der Waals surface area contributed by atoms with Crippen LogP contribution in [0.2, 0.25) is 0 Å². The number of unbranched alkanes of at least 4 members (excludes halogenated alkanes) is 4. The number of imide groups is 1. The summed E-state index contributed by atoms with van der Waals surface area (Å²) in [6.45, 7) is 0. The Kier molecular flexibility index (Phi) is 14.2. The van der Waals surface area contributed by atoms with Crippen LogP contribution in [0.5, 0.6) is 0 Å². The van der Waals surface area contributed by atoms with Crippen LogP contribution in [0.1, 0.15) is 57.8 Å². The molecular weight excluding hydrogens is 482 g/mol. The van der Waals surface area contributed by atoms with Gasteiger partial charge in [0, 0.05) is 19.3 Å². The van der Waals surface area contributed by atoms with Crippen LogP contribution in [0.4, 0.5) is 0 Å². The second-order valence-corrected chi connectivity index (χ2v) is 8.76. The largest absolute Gasteiger partial charge is 1.00 e. The van der Waals surface area contributed by atoms with Crippen LogP contribution in [0, 0.1) is 6.42 Å². The van der Waals surface area contributed by atoms with E-state index < -0.39 is 63.2 Å². The molecule has 3 amide bonds. The van der Waals surface area contributed by atoms with Crippen molar-refractivity contribution >= 4 is 45.4 Å². The van der Waals surface area contributed by atoms with E-state index in [1.54, 1.807) is 0 Å². The average Bonchev–Trinajstić information content (AvgIpc) is 3.14. The van der Waals surface area contributed by atoms with Gasteiger partial charge in [0.15, 0.2) is 11.6 Å². The smallest absolute Gasteiger partial charge is 0.747 e. The molecule has 12 nitrogen and oxygen atoms in total. The van der Waals surface area contributed by atoms with Gasteiger partial charge in [-0.2, -0.15) is 0 Å². The number of ether oxygens (including phenoxy) is 1. The number of esters is 1. The normalized spacial score (nSPS) is 20.1. The molecule has 1 heterocycles.